The third-order valence-electron chi connectivity index (χ3n) is 3.98. The Hall–Kier alpha value is -2.63. The summed E-state index contributed by atoms with van der Waals surface area (Å²) in [4.78, 5) is 16.1. The third kappa shape index (κ3) is 8.95. The molecule has 31 heavy (non-hydrogen) atoms. The van der Waals surface area contributed by atoms with E-state index in [0.29, 0.717) is 36.8 Å². The Morgan fingerprint density at radius 3 is 2.39 bits per heavy atom. The van der Waals surface area contributed by atoms with Gasteiger partial charge >= 0.3 is 6.61 Å². The molecule has 170 valence electrons. The van der Waals surface area contributed by atoms with Crippen LogP contribution in [0, 0.1) is 0 Å². The summed E-state index contributed by atoms with van der Waals surface area (Å²) < 4.78 is 35.7. The number of carbonyl (C=O) groups is 1. The minimum absolute atomic E-state index is 0. The summed E-state index contributed by atoms with van der Waals surface area (Å²) in [6.07, 6.45) is 0. The Morgan fingerprint density at radius 1 is 1.03 bits per heavy atom. The molecule has 0 aliphatic carbocycles. The van der Waals surface area contributed by atoms with Crippen molar-refractivity contribution in [3.8, 4) is 11.5 Å². The zero-order valence-corrected chi connectivity index (χ0v) is 19.7. The van der Waals surface area contributed by atoms with E-state index < -0.39 is 6.61 Å². The van der Waals surface area contributed by atoms with Crippen molar-refractivity contribution in [3.05, 3.63) is 59.7 Å². The van der Waals surface area contributed by atoms with E-state index in [1.807, 2.05) is 6.07 Å². The van der Waals surface area contributed by atoms with Crippen molar-refractivity contribution in [2.24, 2.45) is 4.99 Å². The molecule has 0 saturated heterocycles. The van der Waals surface area contributed by atoms with E-state index in [4.69, 9.17) is 4.74 Å². The van der Waals surface area contributed by atoms with Crippen LogP contribution >= 0.6 is 24.0 Å². The zero-order chi connectivity index (χ0) is 21.8. The number of ether oxygens (including phenoxy) is 2. The highest BCUT2D eigenvalue weighted by atomic mass is 127. The molecule has 0 aliphatic heterocycles. The van der Waals surface area contributed by atoms with E-state index in [2.05, 4.69) is 25.7 Å². The van der Waals surface area contributed by atoms with Crippen LogP contribution in [0.5, 0.6) is 11.5 Å². The van der Waals surface area contributed by atoms with Gasteiger partial charge in [0.25, 0.3) is 5.91 Å². The van der Waals surface area contributed by atoms with Gasteiger partial charge in [0.1, 0.15) is 0 Å². The van der Waals surface area contributed by atoms with Crippen LogP contribution in [-0.4, -0.2) is 45.2 Å². The molecular formula is C21H27F2IN4O3. The van der Waals surface area contributed by atoms with Crippen molar-refractivity contribution in [1.82, 2.24) is 16.0 Å². The van der Waals surface area contributed by atoms with Crippen molar-refractivity contribution < 1.29 is 23.0 Å². The lowest BCUT2D eigenvalue weighted by Gasteiger charge is -2.17. The second kappa shape index (κ2) is 14.4. The molecule has 0 unspecified atom stereocenters. The van der Waals surface area contributed by atoms with E-state index in [9.17, 15) is 13.6 Å². The van der Waals surface area contributed by atoms with E-state index >= 15 is 0 Å². The molecule has 3 N–H and O–H groups in total. The SMILES string of the molecule is CCOc1cccc(CNC(=NC)NCCNC(=O)c2ccccc2)c1OC(F)F.I. The average molecular weight is 548 g/mol. The van der Waals surface area contributed by atoms with Crippen LogP contribution in [0.1, 0.15) is 22.8 Å². The first kappa shape index (κ1) is 26.4. The smallest absolute Gasteiger partial charge is 0.387 e. The molecule has 0 spiro atoms. The molecule has 1 amide bonds. The fourth-order valence-electron chi connectivity index (χ4n) is 2.64. The Bertz CT molecular complexity index is 839. The van der Waals surface area contributed by atoms with Crippen LogP contribution in [0.2, 0.25) is 0 Å². The first-order valence-electron chi connectivity index (χ1n) is 9.52. The van der Waals surface area contributed by atoms with Crippen molar-refractivity contribution >= 4 is 35.8 Å². The van der Waals surface area contributed by atoms with Crippen LogP contribution in [0.15, 0.2) is 53.5 Å². The van der Waals surface area contributed by atoms with Gasteiger partial charge in [0, 0.05) is 37.8 Å². The van der Waals surface area contributed by atoms with Crippen LogP contribution in [0.3, 0.4) is 0 Å². The molecule has 0 bridgehead atoms. The number of hydrogen-bond donors (Lipinski definition) is 3. The maximum Gasteiger partial charge on any atom is 0.387 e. The molecule has 0 fully saturated rings. The molecule has 0 radical (unpaired) electrons. The number of amides is 1. The summed E-state index contributed by atoms with van der Waals surface area (Å²) in [6.45, 7) is 0.134. The van der Waals surface area contributed by atoms with Crippen LogP contribution in [-0.2, 0) is 6.54 Å². The molecule has 0 aliphatic rings. The molecule has 2 aromatic carbocycles. The number of halogens is 3. The topological polar surface area (TPSA) is 84.0 Å². The molecule has 0 aromatic heterocycles. The number of nitrogens with zero attached hydrogens (tertiary/aromatic N) is 1. The highest BCUT2D eigenvalue weighted by Crippen LogP contribution is 2.32. The largest absolute Gasteiger partial charge is 0.490 e. The van der Waals surface area contributed by atoms with E-state index in [-0.39, 0.29) is 47.9 Å². The average Bonchev–Trinajstić information content (AvgIpc) is 2.75. The number of nitrogens with one attached hydrogen (secondary N) is 3. The number of para-hydroxylation sites is 1. The predicted molar refractivity (Wildman–Crippen MR) is 127 cm³/mol. The highest BCUT2D eigenvalue weighted by Gasteiger charge is 2.16. The van der Waals surface area contributed by atoms with Gasteiger partial charge in [-0.15, -0.1) is 24.0 Å². The van der Waals surface area contributed by atoms with Crippen molar-refractivity contribution in [2.45, 2.75) is 20.1 Å². The van der Waals surface area contributed by atoms with Gasteiger partial charge in [0.05, 0.1) is 6.61 Å². The van der Waals surface area contributed by atoms with E-state index in [0.717, 1.165) is 0 Å². The van der Waals surface area contributed by atoms with Gasteiger partial charge in [-0.25, -0.2) is 0 Å². The minimum Gasteiger partial charge on any atom is -0.490 e. The lowest BCUT2D eigenvalue weighted by Crippen LogP contribution is -2.41. The summed E-state index contributed by atoms with van der Waals surface area (Å²) in [5, 5.41) is 8.89. The lowest BCUT2D eigenvalue weighted by atomic mass is 10.2. The number of alkyl halides is 2. The summed E-state index contributed by atoms with van der Waals surface area (Å²) in [6, 6.07) is 13.9. The molecule has 7 nitrogen and oxygen atoms in total. The Labute approximate surface area is 197 Å². The van der Waals surface area contributed by atoms with Gasteiger partial charge in [-0.2, -0.15) is 8.78 Å². The fourth-order valence-corrected chi connectivity index (χ4v) is 2.64. The molecule has 0 heterocycles. The molecular weight excluding hydrogens is 521 g/mol. The lowest BCUT2D eigenvalue weighted by molar-refractivity contribution is -0.0520. The van der Waals surface area contributed by atoms with Crippen LogP contribution < -0.4 is 25.4 Å². The van der Waals surface area contributed by atoms with Crippen molar-refractivity contribution in [3.63, 3.8) is 0 Å². The maximum absolute atomic E-state index is 12.8. The van der Waals surface area contributed by atoms with Crippen LogP contribution in [0.25, 0.3) is 0 Å². The summed E-state index contributed by atoms with van der Waals surface area (Å²) in [5.74, 6) is 0.534. The zero-order valence-electron chi connectivity index (χ0n) is 17.4. The predicted octanol–water partition coefficient (Wildman–Crippen LogP) is 3.40. The first-order chi connectivity index (χ1) is 14.5. The van der Waals surface area contributed by atoms with Gasteiger partial charge in [0.15, 0.2) is 17.5 Å². The number of aliphatic imine (C=N–C) groups is 1. The number of hydrogen-bond acceptors (Lipinski definition) is 4. The van der Waals surface area contributed by atoms with E-state index in [1.165, 1.54) is 0 Å². The van der Waals surface area contributed by atoms with Crippen LogP contribution in [0.4, 0.5) is 8.78 Å². The standard InChI is InChI=1S/C21H26F2N4O3.HI/c1-3-29-17-11-7-10-16(18(17)30-20(22)23)14-27-21(24-2)26-13-12-25-19(28)15-8-5-4-6-9-15;/h4-11,20H,3,12-14H2,1-2H3,(H,25,28)(H2,24,26,27);1H. The van der Waals surface area contributed by atoms with Gasteiger partial charge in [0.2, 0.25) is 0 Å². The maximum atomic E-state index is 12.8. The number of carbonyl (C=O) groups excluding carboxylic acids is 1. The van der Waals surface area contributed by atoms with Gasteiger partial charge < -0.3 is 25.4 Å². The molecule has 2 aromatic rings. The highest BCUT2D eigenvalue weighted by molar-refractivity contribution is 14.0. The van der Waals surface area contributed by atoms with Gasteiger partial charge in [-0.1, -0.05) is 30.3 Å². The summed E-state index contributed by atoms with van der Waals surface area (Å²) in [5.41, 5.74) is 1.09. The number of rotatable bonds is 10. The quantitative estimate of drug-likeness (QED) is 0.184. The Kier molecular flexibility index (Phi) is 12.3. The Morgan fingerprint density at radius 2 is 1.74 bits per heavy atom. The molecule has 2 rings (SSSR count). The minimum atomic E-state index is -2.96. The second-order valence-electron chi connectivity index (χ2n) is 6.03. The molecule has 10 heteroatoms. The fraction of sp³-hybridized carbons (Fsp3) is 0.333. The van der Waals surface area contributed by atoms with Crippen molar-refractivity contribution in [2.75, 3.05) is 26.7 Å². The Balaban J connectivity index is 0.00000480. The number of guanidine groups is 1. The summed E-state index contributed by atoms with van der Waals surface area (Å²) >= 11 is 0. The summed E-state index contributed by atoms with van der Waals surface area (Å²) in [7, 11) is 1.59. The third-order valence-corrected chi connectivity index (χ3v) is 3.98. The normalized spacial score (nSPS) is 10.8. The molecule has 0 atom stereocenters. The number of benzene rings is 2. The van der Waals surface area contributed by atoms with Gasteiger partial charge in [-0.3, -0.25) is 9.79 Å². The first-order valence-corrected chi connectivity index (χ1v) is 9.52. The van der Waals surface area contributed by atoms with Gasteiger partial charge in [-0.05, 0) is 25.1 Å². The van der Waals surface area contributed by atoms with E-state index in [1.54, 1.807) is 56.4 Å². The monoisotopic (exact) mass is 548 g/mol. The second-order valence-corrected chi connectivity index (χ2v) is 6.03. The van der Waals surface area contributed by atoms with Crippen molar-refractivity contribution in [1.29, 1.82) is 0 Å². The molecule has 0 saturated carbocycles.